The molecule has 0 amide bonds. The summed E-state index contributed by atoms with van der Waals surface area (Å²) >= 11 is 6.75. The molecule has 0 radical (unpaired) electrons. The van der Waals surface area contributed by atoms with Crippen LogP contribution in [0.4, 0.5) is 0 Å². The second-order valence-corrected chi connectivity index (χ2v) is 9.90. The lowest BCUT2D eigenvalue weighted by atomic mass is 9.79. The predicted molar refractivity (Wildman–Crippen MR) is 119 cm³/mol. The summed E-state index contributed by atoms with van der Waals surface area (Å²) in [6.07, 6.45) is 4.92. The smallest absolute Gasteiger partial charge is 0.138 e. The Kier molecular flexibility index (Phi) is 4.35. The molecule has 0 saturated carbocycles. The van der Waals surface area contributed by atoms with Gasteiger partial charge < -0.3 is 9.55 Å². The molecule has 1 N–H and O–H groups in total. The zero-order valence-corrected chi connectivity index (χ0v) is 18.3. The molecular formula is C24H28ClN3. The van der Waals surface area contributed by atoms with Crippen molar-refractivity contribution in [2.75, 3.05) is 0 Å². The monoisotopic (exact) mass is 393 g/mol. The summed E-state index contributed by atoms with van der Waals surface area (Å²) < 4.78 is 2.18. The molecule has 0 aliphatic heterocycles. The molecule has 0 unspecified atom stereocenters. The fourth-order valence-electron chi connectivity index (χ4n) is 4.18. The fraction of sp³-hybridized carbons (Fsp3) is 0.375. The molecule has 4 heteroatoms. The van der Waals surface area contributed by atoms with Crippen molar-refractivity contribution >= 4 is 33.5 Å². The van der Waals surface area contributed by atoms with E-state index < -0.39 is 0 Å². The van der Waals surface area contributed by atoms with Gasteiger partial charge in [-0.15, -0.1) is 0 Å². The van der Waals surface area contributed by atoms with Crippen LogP contribution in [-0.4, -0.2) is 14.5 Å². The highest BCUT2D eigenvalue weighted by atomic mass is 35.5. The Labute approximate surface area is 171 Å². The molecule has 4 aromatic rings. The Morgan fingerprint density at radius 1 is 1.04 bits per heavy atom. The van der Waals surface area contributed by atoms with E-state index in [1.807, 2.05) is 6.20 Å². The molecule has 0 saturated heterocycles. The molecule has 3 nitrogen and oxygen atoms in total. The third-order valence-electron chi connectivity index (χ3n) is 5.75. The molecule has 0 atom stereocenters. The van der Waals surface area contributed by atoms with E-state index in [0.717, 1.165) is 33.7 Å². The van der Waals surface area contributed by atoms with Crippen molar-refractivity contribution in [1.82, 2.24) is 14.5 Å². The first-order valence-electron chi connectivity index (χ1n) is 9.79. The first-order valence-corrected chi connectivity index (χ1v) is 10.2. The lowest BCUT2D eigenvalue weighted by Gasteiger charge is -2.26. The summed E-state index contributed by atoms with van der Waals surface area (Å²) in [6.45, 7) is 11.1. The summed E-state index contributed by atoms with van der Waals surface area (Å²) in [5.41, 5.74) is 5.68. The Morgan fingerprint density at radius 2 is 1.79 bits per heavy atom. The van der Waals surface area contributed by atoms with Gasteiger partial charge in [0.05, 0.1) is 5.02 Å². The number of aromatic amines is 1. The highest BCUT2D eigenvalue weighted by Crippen LogP contribution is 2.37. The molecule has 146 valence electrons. The van der Waals surface area contributed by atoms with Crippen LogP contribution in [0.15, 0.2) is 42.7 Å². The highest BCUT2D eigenvalue weighted by molar-refractivity contribution is 6.36. The van der Waals surface area contributed by atoms with E-state index in [2.05, 4.69) is 92.7 Å². The maximum Gasteiger partial charge on any atom is 0.138 e. The Balaban J connectivity index is 1.75. The van der Waals surface area contributed by atoms with Crippen LogP contribution in [0.2, 0.25) is 5.02 Å². The van der Waals surface area contributed by atoms with Gasteiger partial charge in [0.2, 0.25) is 0 Å². The van der Waals surface area contributed by atoms with E-state index in [9.17, 15) is 0 Å². The predicted octanol–water partition coefficient (Wildman–Crippen LogP) is 6.53. The van der Waals surface area contributed by atoms with Crippen LogP contribution in [0.5, 0.6) is 0 Å². The van der Waals surface area contributed by atoms with E-state index in [1.165, 1.54) is 16.5 Å². The third kappa shape index (κ3) is 3.12. The molecule has 3 heterocycles. The van der Waals surface area contributed by atoms with Gasteiger partial charge in [-0.05, 0) is 46.6 Å². The molecular weight excluding hydrogens is 366 g/mol. The van der Waals surface area contributed by atoms with Crippen LogP contribution in [0.1, 0.15) is 51.4 Å². The molecule has 0 aliphatic carbocycles. The SMILES string of the molecule is Cn1ccc2c(C(C)(C)Cc3cc4c(Cl)c(C(C)(C)C)cnc4[nH]3)cccc21. The van der Waals surface area contributed by atoms with Gasteiger partial charge in [0.15, 0.2) is 0 Å². The second kappa shape index (κ2) is 6.38. The molecule has 3 aromatic heterocycles. The lowest BCUT2D eigenvalue weighted by Crippen LogP contribution is -2.21. The first-order chi connectivity index (χ1) is 13.1. The zero-order valence-electron chi connectivity index (χ0n) is 17.5. The van der Waals surface area contributed by atoms with Gasteiger partial charge in [-0.1, -0.05) is 58.4 Å². The number of nitrogens with one attached hydrogen (secondary N) is 1. The van der Waals surface area contributed by atoms with Crippen molar-refractivity contribution in [2.24, 2.45) is 7.05 Å². The van der Waals surface area contributed by atoms with Crippen molar-refractivity contribution in [3.05, 3.63) is 64.6 Å². The summed E-state index contributed by atoms with van der Waals surface area (Å²) in [4.78, 5) is 8.14. The summed E-state index contributed by atoms with van der Waals surface area (Å²) in [6, 6.07) is 11.0. The average molecular weight is 394 g/mol. The van der Waals surface area contributed by atoms with Gasteiger partial charge in [-0.25, -0.2) is 4.98 Å². The Morgan fingerprint density at radius 3 is 2.50 bits per heavy atom. The van der Waals surface area contributed by atoms with Crippen LogP contribution < -0.4 is 0 Å². The number of H-pyrrole nitrogens is 1. The quantitative estimate of drug-likeness (QED) is 0.422. The number of nitrogens with zero attached hydrogens (tertiary/aromatic N) is 2. The number of fused-ring (bicyclic) bond motifs is 2. The number of aromatic nitrogens is 3. The number of halogens is 1. The number of pyridine rings is 1. The average Bonchev–Trinajstić information content (AvgIpc) is 3.17. The molecule has 4 rings (SSSR count). The van der Waals surface area contributed by atoms with Crippen molar-refractivity contribution in [2.45, 2.75) is 51.9 Å². The first kappa shape index (κ1) is 19.1. The van der Waals surface area contributed by atoms with E-state index in [-0.39, 0.29) is 10.8 Å². The molecule has 28 heavy (non-hydrogen) atoms. The number of aryl methyl sites for hydroxylation is 1. The Hall–Kier alpha value is -2.26. The summed E-state index contributed by atoms with van der Waals surface area (Å²) in [5.74, 6) is 0. The molecule has 0 aliphatic rings. The van der Waals surface area contributed by atoms with Crippen molar-refractivity contribution < 1.29 is 0 Å². The lowest BCUT2D eigenvalue weighted by molar-refractivity contribution is 0.521. The van der Waals surface area contributed by atoms with Crippen molar-refractivity contribution in [3.63, 3.8) is 0 Å². The number of rotatable bonds is 3. The maximum atomic E-state index is 6.75. The van der Waals surface area contributed by atoms with Crippen LogP contribution in [0.3, 0.4) is 0 Å². The second-order valence-electron chi connectivity index (χ2n) is 9.52. The molecule has 1 aromatic carbocycles. The molecule has 0 spiro atoms. The minimum Gasteiger partial charge on any atom is -0.351 e. The number of benzene rings is 1. The normalized spacial score (nSPS) is 13.0. The standard InChI is InChI=1S/C24H28ClN3/c1-23(2,3)19-14-26-22-17(21(19)25)12-15(27-22)13-24(4,5)18-8-7-9-20-16(18)10-11-28(20)6/h7-12,14H,13H2,1-6H3,(H,26,27). The van der Waals surface area contributed by atoms with E-state index in [0.29, 0.717) is 0 Å². The minimum absolute atomic E-state index is 0.0267. The number of hydrogen-bond donors (Lipinski definition) is 1. The van der Waals surface area contributed by atoms with E-state index in [4.69, 9.17) is 11.6 Å². The van der Waals surface area contributed by atoms with Crippen LogP contribution >= 0.6 is 11.6 Å². The van der Waals surface area contributed by atoms with Gasteiger partial charge in [0, 0.05) is 41.4 Å². The largest absolute Gasteiger partial charge is 0.351 e. The number of hydrogen-bond acceptors (Lipinski definition) is 1. The third-order valence-corrected chi connectivity index (χ3v) is 6.15. The van der Waals surface area contributed by atoms with Gasteiger partial charge >= 0.3 is 0 Å². The van der Waals surface area contributed by atoms with Crippen LogP contribution in [0, 0.1) is 0 Å². The fourth-order valence-corrected chi connectivity index (χ4v) is 4.66. The summed E-state index contributed by atoms with van der Waals surface area (Å²) in [7, 11) is 2.09. The van der Waals surface area contributed by atoms with Crippen molar-refractivity contribution in [3.8, 4) is 0 Å². The Bertz CT molecular complexity index is 1170. The maximum absolute atomic E-state index is 6.75. The van der Waals surface area contributed by atoms with Gasteiger partial charge in [-0.2, -0.15) is 0 Å². The summed E-state index contributed by atoms with van der Waals surface area (Å²) in [5, 5.41) is 3.14. The molecule has 0 bridgehead atoms. The zero-order chi connectivity index (χ0) is 20.3. The van der Waals surface area contributed by atoms with Crippen molar-refractivity contribution in [1.29, 1.82) is 0 Å². The van der Waals surface area contributed by atoms with Crippen LogP contribution in [0.25, 0.3) is 21.9 Å². The molecule has 0 fully saturated rings. The van der Waals surface area contributed by atoms with Gasteiger partial charge in [0.25, 0.3) is 0 Å². The minimum atomic E-state index is -0.0298. The van der Waals surface area contributed by atoms with Gasteiger partial charge in [-0.3, -0.25) is 0 Å². The van der Waals surface area contributed by atoms with E-state index in [1.54, 1.807) is 0 Å². The van der Waals surface area contributed by atoms with Gasteiger partial charge in [0.1, 0.15) is 5.65 Å². The highest BCUT2D eigenvalue weighted by Gasteiger charge is 2.26. The topological polar surface area (TPSA) is 33.6 Å². The van der Waals surface area contributed by atoms with E-state index >= 15 is 0 Å². The van der Waals surface area contributed by atoms with Crippen LogP contribution in [-0.2, 0) is 24.3 Å².